The summed E-state index contributed by atoms with van der Waals surface area (Å²) in [6.45, 7) is 4.84. The Morgan fingerprint density at radius 2 is 2.39 bits per heavy atom. The average Bonchev–Trinajstić information content (AvgIpc) is 2.85. The Morgan fingerprint density at radius 3 is 3.06 bits per heavy atom. The van der Waals surface area contributed by atoms with E-state index in [0.29, 0.717) is 0 Å². The molecule has 1 aromatic heterocycles. The summed E-state index contributed by atoms with van der Waals surface area (Å²) >= 11 is 0. The van der Waals surface area contributed by atoms with Crippen LogP contribution in [0.15, 0.2) is 12.4 Å². The van der Waals surface area contributed by atoms with Crippen molar-refractivity contribution in [2.24, 2.45) is 0 Å². The Labute approximate surface area is 107 Å². The Kier molecular flexibility index (Phi) is 4.72. The molecule has 1 aromatic rings. The summed E-state index contributed by atoms with van der Waals surface area (Å²) in [6.07, 6.45) is 5.60. The molecule has 1 fully saturated rings. The third-order valence-corrected chi connectivity index (χ3v) is 2.98. The second kappa shape index (κ2) is 6.51. The number of anilines is 1. The van der Waals surface area contributed by atoms with Crippen LogP contribution in [0, 0.1) is 0 Å². The summed E-state index contributed by atoms with van der Waals surface area (Å²) in [6, 6.07) is 0. The SMILES string of the molecule is CCn1cc(NC(=O)COC2CCNCC2)cn1. The maximum atomic E-state index is 11.7. The molecule has 6 heteroatoms. The lowest BCUT2D eigenvalue weighted by atomic mass is 10.1. The molecule has 0 radical (unpaired) electrons. The van der Waals surface area contributed by atoms with E-state index < -0.39 is 0 Å². The molecule has 0 aromatic carbocycles. The van der Waals surface area contributed by atoms with Crippen LogP contribution < -0.4 is 10.6 Å². The van der Waals surface area contributed by atoms with Crippen LogP contribution in [0.1, 0.15) is 19.8 Å². The smallest absolute Gasteiger partial charge is 0.250 e. The van der Waals surface area contributed by atoms with Crippen molar-refractivity contribution in [1.29, 1.82) is 0 Å². The van der Waals surface area contributed by atoms with Gasteiger partial charge in [-0.3, -0.25) is 9.48 Å². The molecule has 0 atom stereocenters. The van der Waals surface area contributed by atoms with E-state index in [1.54, 1.807) is 10.9 Å². The van der Waals surface area contributed by atoms with Crippen molar-refractivity contribution in [1.82, 2.24) is 15.1 Å². The molecule has 2 N–H and O–H groups in total. The maximum Gasteiger partial charge on any atom is 0.250 e. The van der Waals surface area contributed by atoms with Gasteiger partial charge in [-0.2, -0.15) is 5.10 Å². The Morgan fingerprint density at radius 1 is 1.61 bits per heavy atom. The van der Waals surface area contributed by atoms with Gasteiger partial charge in [-0.05, 0) is 32.9 Å². The van der Waals surface area contributed by atoms with E-state index in [1.165, 1.54) is 0 Å². The largest absolute Gasteiger partial charge is 0.368 e. The molecule has 2 heterocycles. The van der Waals surface area contributed by atoms with Crippen LogP contribution in [-0.2, 0) is 16.1 Å². The Balaban J connectivity index is 1.71. The van der Waals surface area contributed by atoms with Gasteiger partial charge in [0.1, 0.15) is 6.61 Å². The lowest BCUT2D eigenvalue weighted by Crippen LogP contribution is -2.34. The van der Waals surface area contributed by atoms with E-state index in [4.69, 9.17) is 4.74 Å². The van der Waals surface area contributed by atoms with E-state index in [-0.39, 0.29) is 18.6 Å². The third kappa shape index (κ3) is 3.82. The molecular formula is C12H20N4O2. The number of aryl methyl sites for hydroxylation is 1. The van der Waals surface area contributed by atoms with E-state index >= 15 is 0 Å². The van der Waals surface area contributed by atoms with Gasteiger partial charge in [0.2, 0.25) is 5.91 Å². The summed E-state index contributed by atoms with van der Waals surface area (Å²) in [5.41, 5.74) is 0.718. The van der Waals surface area contributed by atoms with Crippen molar-refractivity contribution in [3.8, 4) is 0 Å². The molecule has 1 aliphatic heterocycles. The van der Waals surface area contributed by atoms with Crippen molar-refractivity contribution >= 4 is 11.6 Å². The number of carbonyl (C=O) groups is 1. The fourth-order valence-electron chi connectivity index (χ4n) is 1.95. The number of hydrogen-bond donors (Lipinski definition) is 2. The van der Waals surface area contributed by atoms with Crippen LogP contribution in [0.3, 0.4) is 0 Å². The first-order valence-corrected chi connectivity index (χ1v) is 6.42. The lowest BCUT2D eigenvalue weighted by molar-refractivity contribution is -0.123. The number of carbonyl (C=O) groups excluding carboxylic acids is 1. The van der Waals surface area contributed by atoms with Gasteiger partial charge in [-0.1, -0.05) is 0 Å². The molecule has 0 unspecified atom stereocenters. The molecule has 0 aliphatic carbocycles. The van der Waals surface area contributed by atoms with E-state index in [2.05, 4.69) is 15.7 Å². The number of nitrogens with one attached hydrogen (secondary N) is 2. The number of amides is 1. The first kappa shape index (κ1) is 13.0. The number of nitrogens with zero attached hydrogens (tertiary/aromatic N) is 2. The van der Waals surface area contributed by atoms with Crippen LogP contribution in [-0.4, -0.2) is 41.5 Å². The molecule has 0 spiro atoms. The van der Waals surface area contributed by atoms with E-state index in [1.807, 2.05) is 13.1 Å². The maximum absolute atomic E-state index is 11.7. The van der Waals surface area contributed by atoms with Crippen molar-refractivity contribution in [2.45, 2.75) is 32.4 Å². The Bertz CT molecular complexity index is 385. The van der Waals surface area contributed by atoms with Gasteiger partial charge >= 0.3 is 0 Å². The second-order valence-corrected chi connectivity index (χ2v) is 4.39. The summed E-state index contributed by atoms with van der Waals surface area (Å²) in [5, 5.41) is 10.1. The number of rotatable bonds is 5. The highest BCUT2D eigenvalue weighted by Crippen LogP contribution is 2.08. The molecule has 2 rings (SSSR count). The van der Waals surface area contributed by atoms with Crippen LogP contribution in [0.2, 0.25) is 0 Å². The van der Waals surface area contributed by atoms with E-state index in [9.17, 15) is 4.79 Å². The molecule has 18 heavy (non-hydrogen) atoms. The van der Waals surface area contributed by atoms with Crippen molar-refractivity contribution in [3.63, 3.8) is 0 Å². The fraction of sp³-hybridized carbons (Fsp3) is 0.667. The van der Waals surface area contributed by atoms with E-state index in [0.717, 1.165) is 38.2 Å². The summed E-state index contributed by atoms with van der Waals surface area (Å²) in [7, 11) is 0. The van der Waals surface area contributed by atoms with Crippen molar-refractivity contribution in [2.75, 3.05) is 25.0 Å². The van der Waals surface area contributed by atoms with Gasteiger partial charge in [-0.15, -0.1) is 0 Å². The van der Waals surface area contributed by atoms with Crippen LogP contribution in [0.5, 0.6) is 0 Å². The molecular weight excluding hydrogens is 232 g/mol. The van der Waals surface area contributed by atoms with Crippen LogP contribution in [0.4, 0.5) is 5.69 Å². The van der Waals surface area contributed by atoms with Crippen LogP contribution in [0.25, 0.3) is 0 Å². The third-order valence-electron chi connectivity index (χ3n) is 2.98. The molecule has 6 nitrogen and oxygen atoms in total. The predicted octanol–water partition coefficient (Wildman–Crippen LogP) is 0.610. The van der Waals surface area contributed by atoms with Crippen molar-refractivity contribution in [3.05, 3.63) is 12.4 Å². The zero-order valence-electron chi connectivity index (χ0n) is 10.7. The number of hydrogen-bond acceptors (Lipinski definition) is 4. The van der Waals surface area contributed by atoms with Crippen molar-refractivity contribution < 1.29 is 9.53 Å². The highest BCUT2D eigenvalue weighted by atomic mass is 16.5. The van der Waals surface area contributed by atoms with Gasteiger partial charge in [0.25, 0.3) is 0 Å². The zero-order valence-corrected chi connectivity index (χ0v) is 10.7. The molecule has 0 bridgehead atoms. The molecule has 100 valence electrons. The standard InChI is InChI=1S/C12H20N4O2/c1-2-16-8-10(7-14-16)15-12(17)9-18-11-3-5-13-6-4-11/h7-8,11,13H,2-6,9H2,1H3,(H,15,17). The quantitative estimate of drug-likeness (QED) is 0.805. The minimum atomic E-state index is -0.121. The minimum Gasteiger partial charge on any atom is -0.368 e. The van der Waals surface area contributed by atoms with Gasteiger partial charge < -0.3 is 15.4 Å². The topological polar surface area (TPSA) is 68.2 Å². The summed E-state index contributed by atoms with van der Waals surface area (Å²) in [5.74, 6) is -0.121. The molecule has 1 amide bonds. The number of aromatic nitrogens is 2. The second-order valence-electron chi connectivity index (χ2n) is 4.39. The van der Waals surface area contributed by atoms with Gasteiger partial charge in [0, 0.05) is 12.7 Å². The minimum absolute atomic E-state index is 0.113. The van der Waals surface area contributed by atoms with Gasteiger partial charge in [0.15, 0.2) is 0 Å². The molecule has 1 aliphatic rings. The molecule has 1 saturated heterocycles. The Hall–Kier alpha value is -1.40. The fourth-order valence-corrected chi connectivity index (χ4v) is 1.95. The monoisotopic (exact) mass is 252 g/mol. The predicted molar refractivity (Wildman–Crippen MR) is 68.4 cm³/mol. The lowest BCUT2D eigenvalue weighted by Gasteiger charge is -2.22. The average molecular weight is 252 g/mol. The van der Waals surface area contributed by atoms with Gasteiger partial charge in [0.05, 0.1) is 18.0 Å². The highest BCUT2D eigenvalue weighted by molar-refractivity contribution is 5.91. The number of ether oxygens (including phenoxy) is 1. The first-order chi connectivity index (χ1) is 8.78. The summed E-state index contributed by atoms with van der Waals surface area (Å²) in [4.78, 5) is 11.7. The summed E-state index contributed by atoms with van der Waals surface area (Å²) < 4.78 is 7.34. The normalized spacial score (nSPS) is 16.7. The van der Waals surface area contributed by atoms with Gasteiger partial charge in [-0.25, -0.2) is 0 Å². The zero-order chi connectivity index (χ0) is 12.8. The van der Waals surface area contributed by atoms with Crippen LogP contribution >= 0.6 is 0 Å². The first-order valence-electron chi connectivity index (χ1n) is 6.42. The number of piperidine rings is 1. The highest BCUT2D eigenvalue weighted by Gasteiger charge is 2.14. The molecule has 0 saturated carbocycles.